The number of imide groups is 1. The van der Waals surface area contributed by atoms with Gasteiger partial charge in [-0.2, -0.15) is 4.90 Å². The van der Waals surface area contributed by atoms with Crippen molar-refractivity contribution in [3.63, 3.8) is 0 Å². The van der Waals surface area contributed by atoms with Gasteiger partial charge in [0.25, 0.3) is 0 Å². The zero-order chi connectivity index (χ0) is 24.1. The second-order valence-corrected chi connectivity index (χ2v) is 6.82. The predicted molar refractivity (Wildman–Crippen MR) is 120 cm³/mol. The number of anilines is 1. The van der Waals surface area contributed by atoms with E-state index in [1.54, 1.807) is 30.3 Å². The highest BCUT2D eigenvalue weighted by Gasteiger charge is 2.29. The Hall–Kier alpha value is -4.73. The smallest absolute Gasteiger partial charge is 0.430 e. The van der Waals surface area contributed by atoms with E-state index in [2.05, 4.69) is 18.1 Å². The van der Waals surface area contributed by atoms with E-state index in [0.29, 0.717) is 15.7 Å². The summed E-state index contributed by atoms with van der Waals surface area (Å²) in [7, 11) is 0. The van der Waals surface area contributed by atoms with E-state index in [1.165, 1.54) is 38.2 Å². The van der Waals surface area contributed by atoms with Crippen LogP contribution in [0.25, 0.3) is 10.8 Å². The summed E-state index contributed by atoms with van der Waals surface area (Å²) in [5, 5.41) is 12.8. The minimum Gasteiger partial charge on any atom is -0.450 e. The lowest BCUT2D eigenvalue weighted by molar-refractivity contribution is -0.383. The van der Waals surface area contributed by atoms with Crippen molar-refractivity contribution in [1.82, 2.24) is 4.98 Å². The van der Waals surface area contributed by atoms with E-state index in [4.69, 9.17) is 14.2 Å². The van der Waals surface area contributed by atoms with E-state index < -0.39 is 17.1 Å². The predicted octanol–water partition coefficient (Wildman–Crippen LogP) is 6.08. The van der Waals surface area contributed by atoms with Crippen molar-refractivity contribution in [2.75, 3.05) is 4.90 Å². The molecule has 10 nitrogen and oxygen atoms in total. The quantitative estimate of drug-likeness (QED) is 0.252. The van der Waals surface area contributed by atoms with E-state index in [0.717, 1.165) is 0 Å². The number of amides is 2. The van der Waals surface area contributed by atoms with Crippen LogP contribution in [0, 0.1) is 10.1 Å². The Morgan fingerprint density at radius 2 is 1.64 bits per heavy atom. The summed E-state index contributed by atoms with van der Waals surface area (Å²) in [6, 6.07) is 12.6. The van der Waals surface area contributed by atoms with Gasteiger partial charge in [-0.25, -0.2) is 14.6 Å². The molecule has 33 heavy (non-hydrogen) atoms. The minimum atomic E-state index is -1.12. The highest BCUT2D eigenvalue weighted by atomic mass is 16.6. The number of rotatable bonds is 6. The number of nitrogens with zero attached hydrogens (tertiary/aromatic N) is 3. The molecule has 2 amide bonds. The van der Waals surface area contributed by atoms with Gasteiger partial charge in [-0.05, 0) is 37.4 Å². The maximum Gasteiger partial charge on any atom is 0.430 e. The van der Waals surface area contributed by atoms with Crippen LogP contribution in [0.4, 0.5) is 21.1 Å². The van der Waals surface area contributed by atoms with Gasteiger partial charge in [-0.1, -0.05) is 37.4 Å². The molecule has 0 fully saturated rings. The molecule has 10 heteroatoms. The molecule has 0 N–H and O–H groups in total. The number of carbonyl (C=O) groups is 2. The van der Waals surface area contributed by atoms with Crippen molar-refractivity contribution in [3.05, 3.63) is 89.5 Å². The number of ether oxygens (including phenoxy) is 3. The SMILES string of the molecule is C=C(C)OC(=O)N(C(=O)OC(=C)C)c1cc(Oc2ccc3ccccc3c2[N+](=O)[O-])ccn1. The summed E-state index contributed by atoms with van der Waals surface area (Å²) in [6.45, 7) is 9.78. The maximum absolute atomic E-state index is 12.5. The Labute approximate surface area is 188 Å². The number of allylic oxidation sites excluding steroid dienone is 2. The minimum absolute atomic E-state index is 0.0311. The van der Waals surface area contributed by atoms with Crippen LogP contribution in [-0.4, -0.2) is 22.1 Å². The maximum atomic E-state index is 12.5. The van der Waals surface area contributed by atoms with Crippen LogP contribution in [0.2, 0.25) is 0 Å². The number of aromatic nitrogens is 1. The first kappa shape index (κ1) is 22.9. The molecule has 0 atom stereocenters. The van der Waals surface area contributed by atoms with Crippen molar-refractivity contribution in [2.24, 2.45) is 0 Å². The fourth-order valence-corrected chi connectivity index (χ4v) is 2.87. The van der Waals surface area contributed by atoms with Crippen molar-refractivity contribution in [1.29, 1.82) is 0 Å². The highest BCUT2D eigenvalue weighted by Crippen LogP contribution is 2.38. The Balaban J connectivity index is 2.01. The summed E-state index contributed by atoms with van der Waals surface area (Å²) in [4.78, 5) is 40.7. The molecular formula is C23H19N3O7. The molecule has 3 rings (SSSR count). The van der Waals surface area contributed by atoms with Gasteiger partial charge >= 0.3 is 17.9 Å². The largest absolute Gasteiger partial charge is 0.450 e. The third-order valence-corrected chi connectivity index (χ3v) is 4.11. The van der Waals surface area contributed by atoms with Gasteiger partial charge in [0.05, 0.1) is 21.8 Å². The molecule has 0 unspecified atom stereocenters. The lowest BCUT2D eigenvalue weighted by Gasteiger charge is -2.19. The van der Waals surface area contributed by atoms with Gasteiger partial charge in [-0.3, -0.25) is 10.1 Å². The summed E-state index contributed by atoms with van der Waals surface area (Å²) in [6.07, 6.45) is -0.975. The van der Waals surface area contributed by atoms with Crippen molar-refractivity contribution >= 4 is 34.5 Å². The average molecular weight is 449 g/mol. The summed E-state index contributed by atoms with van der Waals surface area (Å²) >= 11 is 0. The van der Waals surface area contributed by atoms with Gasteiger partial charge in [0, 0.05) is 12.3 Å². The number of fused-ring (bicyclic) bond motifs is 1. The van der Waals surface area contributed by atoms with Gasteiger partial charge in [0.2, 0.25) is 5.75 Å². The summed E-state index contributed by atoms with van der Waals surface area (Å²) in [5.74, 6) is -0.0841. The number of benzene rings is 2. The van der Waals surface area contributed by atoms with Crippen LogP contribution < -0.4 is 9.64 Å². The molecule has 0 aliphatic rings. The molecule has 0 saturated heterocycles. The molecule has 0 bridgehead atoms. The first-order valence-electron chi connectivity index (χ1n) is 9.52. The Morgan fingerprint density at radius 1 is 1.00 bits per heavy atom. The third-order valence-electron chi connectivity index (χ3n) is 4.11. The molecule has 2 aromatic carbocycles. The topological polar surface area (TPSA) is 121 Å². The Bertz CT molecular complexity index is 1260. The van der Waals surface area contributed by atoms with Crippen LogP contribution >= 0.6 is 0 Å². The molecule has 1 aromatic heterocycles. The molecule has 0 radical (unpaired) electrons. The number of nitro groups is 1. The van der Waals surface area contributed by atoms with Crippen LogP contribution in [0.5, 0.6) is 11.5 Å². The molecule has 3 aromatic rings. The van der Waals surface area contributed by atoms with Crippen molar-refractivity contribution < 1.29 is 28.7 Å². The number of nitro benzene ring substituents is 1. The molecule has 168 valence electrons. The van der Waals surface area contributed by atoms with Crippen molar-refractivity contribution in [3.8, 4) is 11.5 Å². The second kappa shape index (κ2) is 9.60. The van der Waals surface area contributed by atoms with Gasteiger partial charge in [0.1, 0.15) is 5.75 Å². The Kier molecular flexibility index (Phi) is 6.68. The monoisotopic (exact) mass is 449 g/mol. The Morgan fingerprint density at radius 3 is 2.24 bits per heavy atom. The molecule has 0 saturated carbocycles. The number of pyridine rings is 1. The standard InChI is InChI=1S/C23H19N3O7/c1-14(2)31-22(27)25(23(28)32-15(3)4)20-13-17(11-12-24-20)33-19-10-9-16-7-5-6-8-18(16)21(19)26(29)30/h5-13H,1,3H2,2,4H3. The zero-order valence-electron chi connectivity index (χ0n) is 17.8. The number of hydrogen-bond donors (Lipinski definition) is 0. The molecule has 1 heterocycles. The van der Waals surface area contributed by atoms with Gasteiger partial charge in [-0.15, -0.1) is 0 Å². The van der Waals surface area contributed by atoms with Crippen LogP contribution in [0.15, 0.2) is 79.4 Å². The molecular weight excluding hydrogens is 430 g/mol. The lowest BCUT2D eigenvalue weighted by Crippen LogP contribution is -2.38. The fraction of sp³-hybridized carbons (Fsp3) is 0.0870. The number of carbonyl (C=O) groups excluding carboxylic acids is 2. The van der Waals surface area contributed by atoms with Crippen molar-refractivity contribution in [2.45, 2.75) is 13.8 Å². The van der Waals surface area contributed by atoms with Crippen LogP contribution in [0.1, 0.15) is 13.8 Å². The molecule has 0 spiro atoms. The van der Waals surface area contributed by atoms with Gasteiger partial charge in [0.15, 0.2) is 5.82 Å². The van der Waals surface area contributed by atoms with E-state index in [9.17, 15) is 19.7 Å². The van der Waals surface area contributed by atoms with Gasteiger partial charge < -0.3 is 14.2 Å². The normalized spacial score (nSPS) is 10.2. The first-order valence-corrected chi connectivity index (χ1v) is 9.52. The molecule has 0 aliphatic heterocycles. The second-order valence-electron chi connectivity index (χ2n) is 6.82. The average Bonchev–Trinajstić information content (AvgIpc) is 2.72. The fourth-order valence-electron chi connectivity index (χ4n) is 2.87. The zero-order valence-corrected chi connectivity index (χ0v) is 17.8. The summed E-state index contributed by atoms with van der Waals surface area (Å²) < 4.78 is 15.6. The van der Waals surface area contributed by atoms with Crippen LogP contribution in [0.3, 0.4) is 0 Å². The highest BCUT2D eigenvalue weighted by molar-refractivity contribution is 6.09. The van der Waals surface area contributed by atoms with Crippen LogP contribution in [-0.2, 0) is 9.47 Å². The third kappa shape index (κ3) is 5.31. The summed E-state index contributed by atoms with van der Waals surface area (Å²) in [5.41, 5.74) is -0.230. The van der Waals surface area contributed by atoms with E-state index >= 15 is 0 Å². The number of hydrogen-bond acceptors (Lipinski definition) is 8. The lowest BCUT2D eigenvalue weighted by atomic mass is 10.1. The van der Waals surface area contributed by atoms with E-state index in [-0.39, 0.29) is 34.5 Å². The first-order chi connectivity index (χ1) is 15.7. The van der Waals surface area contributed by atoms with E-state index in [1.807, 2.05) is 0 Å². The molecule has 0 aliphatic carbocycles.